The molecule has 0 spiro atoms. The Morgan fingerprint density at radius 3 is 2.73 bits per heavy atom. The van der Waals surface area contributed by atoms with Crippen LogP contribution < -0.4 is 15.0 Å². The Kier molecular flexibility index (Phi) is 5.60. The highest BCUT2D eigenvalue weighted by Gasteiger charge is 2.33. The summed E-state index contributed by atoms with van der Waals surface area (Å²) in [4.78, 5) is 27.5. The van der Waals surface area contributed by atoms with E-state index >= 15 is 0 Å². The molecule has 9 nitrogen and oxygen atoms in total. The summed E-state index contributed by atoms with van der Waals surface area (Å²) in [5.74, 6) is 2.02. The van der Waals surface area contributed by atoms with E-state index < -0.39 is 0 Å². The van der Waals surface area contributed by atoms with Gasteiger partial charge in [0.2, 0.25) is 11.8 Å². The topological polar surface area (TPSA) is 98.1 Å². The van der Waals surface area contributed by atoms with E-state index in [1.54, 1.807) is 10.9 Å². The SMILES string of the molecule is CCOc1ncccc1CNC(=O)C1CN(c2cc(-n3nc(C)cc3C)ncn2)C1. The second-order valence-corrected chi connectivity index (χ2v) is 7.29. The second kappa shape index (κ2) is 8.48. The number of carbonyl (C=O) groups is 1. The van der Waals surface area contributed by atoms with Crippen LogP contribution in [0.5, 0.6) is 5.88 Å². The van der Waals surface area contributed by atoms with E-state index in [4.69, 9.17) is 4.74 Å². The van der Waals surface area contributed by atoms with Crippen molar-refractivity contribution in [2.24, 2.45) is 5.92 Å². The Morgan fingerprint density at radius 1 is 1.20 bits per heavy atom. The van der Waals surface area contributed by atoms with Crippen LogP contribution in [0.2, 0.25) is 0 Å². The number of pyridine rings is 1. The maximum absolute atomic E-state index is 12.5. The third-order valence-electron chi connectivity index (χ3n) is 5.03. The molecule has 3 aromatic heterocycles. The largest absolute Gasteiger partial charge is 0.478 e. The fraction of sp³-hybridized carbons (Fsp3) is 0.381. The third kappa shape index (κ3) is 4.10. The molecule has 0 atom stereocenters. The number of nitrogens with zero attached hydrogens (tertiary/aromatic N) is 6. The molecular formula is C21H25N7O2. The molecule has 1 fully saturated rings. The second-order valence-electron chi connectivity index (χ2n) is 7.29. The molecule has 0 bridgehead atoms. The number of carbonyl (C=O) groups excluding carboxylic acids is 1. The number of ether oxygens (including phenoxy) is 1. The van der Waals surface area contributed by atoms with Crippen LogP contribution >= 0.6 is 0 Å². The number of amides is 1. The van der Waals surface area contributed by atoms with Gasteiger partial charge in [0, 0.05) is 43.2 Å². The lowest BCUT2D eigenvalue weighted by Crippen LogP contribution is -2.54. The zero-order chi connectivity index (χ0) is 21.1. The molecule has 30 heavy (non-hydrogen) atoms. The Labute approximate surface area is 175 Å². The highest BCUT2D eigenvalue weighted by molar-refractivity contribution is 5.81. The molecule has 0 radical (unpaired) electrons. The van der Waals surface area contributed by atoms with Crippen molar-refractivity contribution in [3.63, 3.8) is 0 Å². The molecule has 1 amide bonds. The zero-order valence-corrected chi connectivity index (χ0v) is 17.4. The fourth-order valence-corrected chi connectivity index (χ4v) is 3.47. The van der Waals surface area contributed by atoms with Gasteiger partial charge in [-0.1, -0.05) is 6.07 Å². The Balaban J connectivity index is 1.34. The first-order chi connectivity index (χ1) is 14.5. The quantitative estimate of drug-likeness (QED) is 0.638. The summed E-state index contributed by atoms with van der Waals surface area (Å²) in [6, 6.07) is 7.65. The molecule has 3 aromatic rings. The van der Waals surface area contributed by atoms with E-state index in [2.05, 4.69) is 30.3 Å². The van der Waals surface area contributed by atoms with Crippen molar-refractivity contribution >= 4 is 11.7 Å². The van der Waals surface area contributed by atoms with E-state index in [1.807, 2.05) is 45.0 Å². The van der Waals surface area contributed by atoms with Crippen LogP contribution in [0, 0.1) is 19.8 Å². The summed E-state index contributed by atoms with van der Waals surface area (Å²) in [5, 5.41) is 7.46. The van der Waals surface area contributed by atoms with Gasteiger partial charge < -0.3 is 15.0 Å². The first-order valence-electron chi connectivity index (χ1n) is 10.00. The molecule has 0 aromatic carbocycles. The van der Waals surface area contributed by atoms with Crippen molar-refractivity contribution in [3.8, 4) is 11.7 Å². The minimum Gasteiger partial charge on any atom is -0.478 e. The predicted octanol–water partition coefficient (Wildman–Crippen LogP) is 1.83. The average Bonchev–Trinajstić information content (AvgIpc) is 3.05. The molecule has 0 unspecified atom stereocenters. The van der Waals surface area contributed by atoms with Crippen molar-refractivity contribution in [1.82, 2.24) is 30.0 Å². The van der Waals surface area contributed by atoms with E-state index in [-0.39, 0.29) is 11.8 Å². The molecular weight excluding hydrogens is 382 g/mol. The summed E-state index contributed by atoms with van der Waals surface area (Å²) in [5.41, 5.74) is 2.82. The van der Waals surface area contributed by atoms with Crippen molar-refractivity contribution in [1.29, 1.82) is 0 Å². The van der Waals surface area contributed by atoms with Gasteiger partial charge in [-0.05, 0) is 32.9 Å². The van der Waals surface area contributed by atoms with Crippen LogP contribution in [0.1, 0.15) is 23.9 Å². The standard InChI is InChI=1S/C21H25N7O2/c1-4-30-21-16(6-5-7-22-21)10-23-20(29)17-11-27(12-17)18-9-19(25-13-24-18)28-15(3)8-14(2)26-28/h5-9,13,17H,4,10-12H2,1-3H3,(H,23,29). The number of nitrogens with one attached hydrogen (secondary N) is 1. The molecule has 1 N–H and O–H groups in total. The van der Waals surface area contributed by atoms with E-state index in [9.17, 15) is 4.79 Å². The fourth-order valence-electron chi connectivity index (χ4n) is 3.47. The first kappa shape index (κ1) is 19.8. The van der Waals surface area contributed by atoms with E-state index in [0.29, 0.717) is 32.1 Å². The number of anilines is 1. The lowest BCUT2D eigenvalue weighted by atomic mass is 9.99. The summed E-state index contributed by atoms with van der Waals surface area (Å²) >= 11 is 0. The zero-order valence-electron chi connectivity index (χ0n) is 17.4. The monoisotopic (exact) mass is 407 g/mol. The maximum atomic E-state index is 12.5. The van der Waals surface area contributed by atoms with Gasteiger partial charge >= 0.3 is 0 Å². The van der Waals surface area contributed by atoms with Crippen LogP contribution in [0.15, 0.2) is 36.8 Å². The molecule has 9 heteroatoms. The molecule has 1 saturated heterocycles. The normalized spacial score (nSPS) is 13.8. The van der Waals surface area contributed by atoms with Gasteiger partial charge in [0.05, 0.1) is 18.2 Å². The molecule has 4 rings (SSSR count). The minimum atomic E-state index is -0.0793. The molecule has 156 valence electrons. The van der Waals surface area contributed by atoms with Crippen LogP contribution in [0.3, 0.4) is 0 Å². The highest BCUT2D eigenvalue weighted by atomic mass is 16.5. The third-order valence-corrected chi connectivity index (χ3v) is 5.03. The lowest BCUT2D eigenvalue weighted by Gasteiger charge is -2.39. The predicted molar refractivity (Wildman–Crippen MR) is 112 cm³/mol. The van der Waals surface area contributed by atoms with Gasteiger partial charge in [-0.3, -0.25) is 4.79 Å². The van der Waals surface area contributed by atoms with Gasteiger partial charge in [0.25, 0.3) is 0 Å². The van der Waals surface area contributed by atoms with Gasteiger partial charge in [0.1, 0.15) is 12.1 Å². The highest BCUT2D eigenvalue weighted by Crippen LogP contribution is 2.24. The van der Waals surface area contributed by atoms with Gasteiger partial charge in [0.15, 0.2) is 5.82 Å². The number of hydrogen-bond acceptors (Lipinski definition) is 7. The minimum absolute atomic E-state index is 0.0189. The molecule has 1 aliphatic heterocycles. The average molecular weight is 407 g/mol. The number of rotatable bonds is 7. The summed E-state index contributed by atoms with van der Waals surface area (Å²) in [6.07, 6.45) is 3.22. The summed E-state index contributed by atoms with van der Waals surface area (Å²) < 4.78 is 7.31. The number of aryl methyl sites for hydroxylation is 2. The van der Waals surface area contributed by atoms with Crippen molar-refractivity contribution < 1.29 is 9.53 Å². The van der Waals surface area contributed by atoms with E-state index in [0.717, 1.165) is 28.6 Å². The maximum Gasteiger partial charge on any atom is 0.226 e. The molecule has 0 saturated carbocycles. The first-order valence-corrected chi connectivity index (χ1v) is 10.00. The van der Waals surface area contributed by atoms with Crippen LogP contribution in [0.4, 0.5) is 5.82 Å². The lowest BCUT2D eigenvalue weighted by molar-refractivity contribution is -0.125. The number of aromatic nitrogens is 5. The Bertz CT molecular complexity index is 1040. The Hall–Kier alpha value is -3.49. The van der Waals surface area contributed by atoms with E-state index in [1.165, 1.54) is 6.33 Å². The number of hydrogen-bond donors (Lipinski definition) is 1. The van der Waals surface area contributed by atoms with Gasteiger partial charge in [-0.2, -0.15) is 5.10 Å². The van der Waals surface area contributed by atoms with Crippen molar-refractivity contribution in [3.05, 3.63) is 53.7 Å². The van der Waals surface area contributed by atoms with Crippen LogP contribution in [-0.2, 0) is 11.3 Å². The van der Waals surface area contributed by atoms with Gasteiger partial charge in [-0.25, -0.2) is 19.6 Å². The van der Waals surface area contributed by atoms with Crippen molar-refractivity contribution in [2.75, 3.05) is 24.6 Å². The molecule has 4 heterocycles. The summed E-state index contributed by atoms with van der Waals surface area (Å²) in [7, 11) is 0. The molecule has 0 aliphatic carbocycles. The van der Waals surface area contributed by atoms with Crippen molar-refractivity contribution in [2.45, 2.75) is 27.3 Å². The Morgan fingerprint density at radius 2 is 2.00 bits per heavy atom. The van der Waals surface area contributed by atoms with Crippen LogP contribution in [-0.4, -0.2) is 50.3 Å². The van der Waals surface area contributed by atoms with Crippen LogP contribution in [0.25, 0.3) is 5.82 Å². The molecule has 1 aliphatic rings. The smallest absolute Gasteiger partial charge is 0.226 e. The van der Waals surface area contributed by atoms with Gasteiger partial charge in [-0.15, -0.1) is 0 Å². The summed E-state index contributed by atoms with van der Waals surface area (Å²) in [6.45, 7) is 8.02.